The second kappa shape index (κ2) is 7.81. The van der Waals surface area contributed by atoms with E-state index in [1.165, 1.54) is 41.6 Å². The Hall–Kier alpha value is -2.58. The smallest absolute Gasteiger partial charge is 0.148 e. The van der Waals surface area contributed by atoms with Gasteiger partial charge in [0.2, 0.25) is 0 Å². The van der Waals surface area contributed by atoms with Crippen molar-refractivity contribution in [3.63, 3.8) is 0 Å². The Labute approximate surface area is 165 Å². The molecule has 1 heterocycles. The molecule has 148 valence electrons. The Bertz CT molecular complexity index is 944. The van der Waals surface area contributed by atoms with Gasteiger partial charge >= 0.3 is 0 Å². The van der Waals surface area contributed by atoms with Gasteiger partial charge in [0.15, 0.2) is 0 Å². The van der Waals surface area contributed by atoms with Crippen molar-refractivity contribution in [2.24, 2.45) is 0 Å². The second-order valence-corrected chi connectivity index (χ2v) is 8.38. The van der Waals surface area contributed by atoms with Crippen LogP contribution in [0.25, 0.3) is 0 Å². The first-order chi connectivity index (χ1) is 13.2. The topological polar surface area (TPSA) is 77.2 Å². The van der Waals surface area contributed by atoms with Gasteiger partial charge in [-0.05, 0) is 55.8 Å². The average Bonchev–Trinajstić information content (AvgIpc) is 3.15. The Balaban J connectivity index is 1.97. The molecule has 1 aromatic heterocycles. The minimum Gasteiger partial charge on any atom is -0.484 e. The van der Waals surface area contributed by atoms with Gasteiger partial charge in [-0.1, -0.05) is 12.1 Å². The zero-order valence-electron chi connectivity index (χ0n) is 15.9. The molecular formula is C20H22FN3O3S. The lowest BCUT2D eigenvalue weighted by Gasteiger charge is -2.42. The van der Waals surface area contributed by atoms with Gasteiger partial charge in [0, 0.05) is 22.0 Å². The largest absolute Gasteiger partial charge is 0.484 e. The maximum absolute atomic E-state index is 13.4. The number of rotatable bonds is 7. The normalized spacial score (nSPS) is 15.0. The first-order valence-electron chi connectivity index (χ1n) is 8.65. The van der Waals surface area contributed by atoms with Crippen molar-refractivity contribution in [3.8, 4) is 5.75 Å². The van der Waals surface area contributed by atoms with Crippen molar-refractivity contribution in [1.29, 1.82) is 0 Å². The van der Waals surface area contributed by atoms with Crippen LogP contribution in [-0.2, 0) is 22.9 Å². The van der Waals surface area contributed by atoms with Crippen LogP contribution in [-0.4, -0.2) is 35.9 Å². The third kappa shape index (κ3) is 4.13. The zero-order valence-corrected chi connectivity index (χ0v) is 16.7. The van der Waals surface area contributed by atoms with E-state index >= 15 is 0 Å². The lowest BCUT2D eigenvalue weighted by atomic mass is 9.79. The standard InChI is InChI=1S/C20H22FN3O3S/c1-19(2,27-17-8-10-18(11-9-17)28(3)26)20(25,12-24-14-22-13-23-24)15-4-6-16(21)7-5-15/h4-11,13-14,25H,12H2,1-3H3. The highest BCUT2D eigenvalue weighted by atomic mass is 32.2. The Morgan fingerprint density at radius 1 is 1.14 bits per heavy atom. The molecule has 0 aliphatic heterocycles. The highest BCUT2D eigenvalue weighted by molar-refractivity contribution is 7.84. The summed E-state index contributed by atoms with van der Waals surface area (Å²) in [7, 11) is -1.09. The van der Waals surface area contributed by atoms with E-state index in [1.807, 2.05) is 0 Å². The minimum absolute atomic E-state index is 0.0582. The van der Waals surface area contributed by atoms with E-state index in [0.29, 0.717) is 16.2 Å². The van der Waals surface area contributed by atoms with Crippen molar-refractivity contribution >= 4 is 10.8 Å². The van der Waals surface area contributed by atoms with Crippen molar-refractivity contribution in [2.75, 3.05) is 6.26 Å². The second-order valence-electron chi connectivity index (χ2n) is 7.00. The summed E-state index contributed by atoms with van der Waals surface area (Å²) < 4.78 is 32.6. The summed E-state index contributed by atoms with van der Waals surface area (Å²) in [6.45, 7) is 3.56. The molecule has 0 fully saturated rings. The Morgan fingerprint density at radius 2 is 1.79 bits per heavy atom. The summed E-state index contributed by atoms with van der Waals surface area (Å²) >= 11 is 0. The number of hydrogen-bond acceptors (Lipinski definition) is 5. The highest BCUT2D eigenvalue weighted by Crippen LogP contribution is 2.38. The fraction of sp³-hybridized carbons (Fsp3) is 0.300. The molecule has 3 rings (SSSR count). The first-order valence-corrected chi connectivity index (χ1v) is 10.2. The van der Waals surface area contributed by atoms with Gasteiger partial charge in [-0.3, -0.25) is 4.21 Å². The van der Waals surface area contributed by atoms with Crippen LogP contribution in [0.2, 0.25) is 0 Å². The molecule has 2 unspecified atom stereocenters. The summed E-state index contributed by atoms with van der Waals surface area (Å²) in [5.74, 6) is 0.118. The molecule has 0 amide bonds. The third-order valence-electron chi connectivity index (χ3n) is 4.70. The number of hydrogen-bond donors (Lipinski definition) is 1. The number of aromatic nitrogens is 3. The monoisotopic (exact) mass is 403 g/mol. The number of aliphatic hydroxyl groups is 1. The van der Waals surface area contributed by atoms with Crippen LogP contribution >= 0.6 is 0 Å². The van der Waals surface area contributed by atoms with Crippen molar-refractivity contribution in [3.05, 3.63) is 72.6 Å². The molecule has 0 bridgehead atoms. The summed E-state index contributed by atoms with van der Waals surface area (Å²) in [5, 5.41) is 15.8. The van der Waals surface area contributed by atoms with Gasteiger partial charge in [0.1, 0.15) is 35.4 Å². The molecule has 0 aliphatic rings. The fourth-order valence-corrected chi connectivity index (χ4v) is 3.50. The van der Waals surface area contributed by atoms with Gasteiger partial charge in [-0.15, -0.1) is 0 Å². The van der Waals surface area contributed by atoms with Gasteiger partial charge < -0.3 is 9.84 Å². The van der Waals surface area contributed by atoms with Crippen LogP contribution in [0.15, 0.2) is 66.1 Å². The van der Waals surface area contributed by atoms with Crippen LogP contribution in [0, 0.1) is 5.82 Å². The van der Waals surface area contributed by atoms with E-state index < -0.39 is 27.8 Å². The lowest BCUT2D eigenvalue weighted by Crippen LogP contribution is -2.54. The van der Waals surface area contributed by atoms with Crippen LogP contribution in [0.4, 0.5) is 4.39 Å². The van der Waals surface area contributed by atoms with Crippen LogP contribution in [0.3, 0.4) is 0 Å². The molecule has 3 aromatic rings. The molecule has 28 heavy (non-hydrogen) atoms. The first kappa shape index (κ1) is 20.2. The van der Waals surface area contributed by atoms with Gasteiger partial charge in [-0.25, -0.2) is 14.1 Å². The molecule has 2 atom stereocenters. The molecule has 1 N–H and O–H groups in total. The third-order valence-corrected chi connectivity index (χ3v) is 5.64. The zero-order chi connectivity index (χ0) is 20.4. The molecule has 0 aliphatic carbocycles. The molecule has 0 saturated carbocycles. The quantitative estimate of drug-likeness (QED) is 0.656. The summed E-state index contributed by atoms with van der Waals surface area (Å²) in [6.07, 6.45) is 4.48. The van der Waals surface area contributed by atoms with Crippen molar-refractivity contribution < 1.29 is 18.4 Å². The molecule has 0 saturated heterocycles. The van der Waals surface area contributed by atoms with E-state index in [1.54, 1.807) is 44.4 Å². The molecule has 0 spiro atoms. The maximum Gasteiger partial charge on any atom is 0.148 e. The summed E-state index contributed by atoms with van der Waals surface area (Å²) in [5.41, 5.74) is -2.18. The Morgan fingerprint density at radius 3 is 2.32 bits per heavy atom. The molecule has 0 radical (unpaired) electrons. The number of ether oxygens (including phenoxy) is 1. The predicted molar refractivity (Wildman–Crippen MR) is 104 cm³/mol. The molecule has 8 heteroatoms. The SMILES string of the molecule is CS(=O)c1ccc(OC(C)(C)C(O)(Cn2cncn2)c2ccc(F)cc2)cc1. The minimum atomic E-state index is -1.54. The van der Waals surface area contributed by atoms with Gasteiger partial charge in [-0.2, -0.15) is 5.10 Å². The average molecular weight is 403 g/mol. The highest BCUT2D eigenvalue weighted by Gasteiger charge is 2.48. The van der Waals surface area contributed by atoms with Gasteiger partial charge in [0.25, 0.3) is 0 Å². The van der Waals surface area contributed by atoms with E-state index in [0.717, 1.165) is 0 Å². The number of nitrogens with zero attached hydrogens (tertiary/aromatic N) is 3. The van der Waals surface area contributed by atoms with E-state index in [9.17, 15) is 13.7 Å². The fourth-order valence-electron chi connectivity index (χ4n) is 2.98. The number of benzene rings is 2. The van der Waals surface area contributed by atoms with Crippen molar-refractivity contribution in [2.45, 2.75) is 36.5 Å². The maximum atomic E-state index is 13.4. The number of halogens is 1. The van der Waals surface area contributed by atoms with Crippen LogP contribution in [0.1, 0.15) is 19.4 Å². The van der Waals surface area contributed by atoms with E-state index in [-0.39, 0.29) is 6.54 Å². The summed E-state index contributed by atoms with van der Waals surface area (Å²) in [6, 6.07) is 12.5. The molecule has 6 nitrogen and oxygen atoms in total. The summed E-state index contributed by atoms with van der Waals surface area (Å²) in [4.78, 5) is 4.60. The van der Waals surface area contributed by atoms with Crippen LogP contribution < -0.4 is 4.74 Å². The predicted octanol–water partition coefficient (Wildman–Crippen LogP) is 2.90. The van der Waals surface area contributed by atoms with Gasteiger partial charge in [0.05, 0.1) is 6.54 Å². The van der Waals surface area contributed by atoms with E-state index in [2.05, 4.69) is 10.1 Å². The molecule has 2 aromatic carbocycles. The Kier molecular flexibility index (Phi) is 5.62. The molecular weight excluding hydrogens is 381 g/mol. The van der Waals surface area contributed by atoms with Crippen molar-refractivity contribution in [1.82, 2.24) is 14.8 Å². The van der Waals surface area contributed by atoms with E-state index in [4.69, 9.17) is 4.74 Å². The van der Waals surface area contributed by atoms with Crippen LogP contribution in [0.5, 0.6) is 5.75 Å². The lowest BCUT2D eigenvalue weighted by molar-refractivity contribution is -0.133.